The SMILES string of the molecule is CCOc1ccccc1N(C(=O)c1ccccc1Br)c1nc(C(F)(F)F)c(-c2ccc(F)cc2)s1. The maximum Gasteiger partial charge on any atom is 0.434 e. The molecule has 1 heterocycles. The molecule has 0 bridgehead atoms. The minimum Gasteiger partial charge on any atom is -0.492 e. The van der Waals surface area contributed by atoms with Crippen molar-refractivity contribution in [3.05, 3.63) is 94.3 Å². The van der Waals surface area contributed by atoms with Crippen LogP contribution in [0.15, 0.2) is 77.3 Å². The number of thiazole rings is 1. The Hall–Kier alpha value is -3.24. The number of ether oxygens (including phenoxy) is 1. The van der Waals surface area contributed by atoms with Crippen molar-refractivity contribution in [2.75, 3.05) is 11.5 Å². The predicted octanol–water partition coefficient (Wildman–Crippen LogP) is 8.11. The number of nitrogens with zero attached hydrogens (tertiary/aromatic N) is 2. The number of aromatic nitrogens is 1. The Balaban J connectivity index is 1.96. The lowest BCUT2D eigenvalue weighted by Gasteiger charge is -2.23. The van der Waals surface area contributed by atoms with Gasteiger partial charge < -0.3 is 4.74 Å². The second kappa shape index (κ2) is 10.2. The fraction of sp³-hybridized carbons (Fsp3) is 0.120. The molecule has 0 saturated carbocycles. The average molecular weight is 565 g/mol. The van der Waals surface area contributed by atoms with Gasteiger partial charge in [-0.05, 0) is 64.8 Å². The molecule has 0 radical (unpaired) electrons. The van der Waals surface area contributed by atoms with Crippen molar-refractivity contribution in [1.29, 1.82) is 0 Å². The van der Waals surface area contributed by atoms with Gasteiger partial charge in [0, 0.05) is 4.47 Å². The van der Waals surface area contributed by atoms with Crippen molar-refractivity contribution in [2.45, 2.75) is 13.1 Å². The molecule has 180 valence electrons. The number of carbonyl (C=O) groups excluding carboxylic acids is 1. The van der Waals surface area contributed by atoms with Gasteiger partial charge in [0.25, 0.3) is 5.91 Å². The highest BCUT2D eigenvalue weighted by Crippen LogP contribution is 2.46. The first kappa shape index (κ1) is 24.9. The Morgan fingerprint density at radius 3 is 2.34 bits per heavy atom. The molecule has 4 aromatic rings. The van der Waals surface area contributed by atoms with Crippen LogP contribution in [-0.2, 0) is 6.18 Å². The van der Waals surface area contributed by atoms with Crippen LogP contribution in [0.1, 0.15) is 23.0 Å². The average Bonchev–Trinajstić information content (AvgIpc) is 3.27. The lowest BCUT2D eigenvalue weighted by atomic mass is 10.1. The summed E-state index contributed by atoms with van der Waals surface area (Å²) in [5, 5.41) is -0.204. The first-order valence-electron chi connectivity index (χ1n) is 10.4. The lowest BCUT2D eigenvalue weighted by Crippen LogP contribution is -2.27. The molecule has 0 N–H and O–H groups in total. The molecule has 1 amide bonds. The zero-order valence-corrected chi connectivity index (χ0v) is 20.5. The van der Waals surface area contributed by atoms with Gasteiger partial charge in [-0.15, -0.1) is 0 Å². The number of anilines is 2. The molecule has 4 rings (SSSR count). The van der Waals surface area contributed by atoms with Crippen LogP contribution in [0, 0.1) is 5.82 Å². The van der Waals surface area contributed by atoms with Crippen LogP contribution in [0.5, 0.6) is 5.75 Å². The third kappa shape index (κ3) is 5.23. The first-order valence-corrected chi connectivity index (χ1v) is 12.0. The Kier molecular flexibility index (Phi) is 7.23. The van der Waals surface area contributed by atoms with Gasteiger partial charge in [-0.2, -0.15) is 13.2 Å². The minimum atomic E-state index is -4.81. The number of amides is 1. The summed E-state index contributed by atoms with van der Waals surface area (Å²) in [6, 6.07) is 17.8. The third-order valence-corrected chi connectivity index (χ3v) is 6.68. The standard InChI is InChI=1S/C25H17BrF4N2O2S/c1-2-34-20-10-6-5-9-19(20)32(23(33)17-7-3-4-8-18(17)26)24-31-22(25(28,29)30)21(35-24)15-11-13-16(27)14-12-15/h3-14H,2H2,1H3. The fourth-order valence-corrected chi connectivity index (χ4v) is 4.93. The maximum atomic E-state index is 14.0. The van der Waals surface area contributed by atoms with Gasteiger partial charge in [0.05, 0.1) is 22.7 Å². The van der Waals surface area contributed by atoms with E-state index in [1.54, 1.807) is 55.5 Å². The van der Waals surface area contributed by atoms with Gasteiger partial charge in [0.1, 0.15) is 11.6 Å². The van der Waals surface area contributed by atoms with E-state index >= 15 is 0 Å². The molecule has 0 saturated heterocycles. The minimum absolute atomic E-state index is 0.133. The summed E-state index contributed by atoms with van der Waals surface area (Å²) in [5.41, 5.74) is -0.564. The van der Waals surface area contributed by atoms with Crippen molar-refractivity contribution in [3.63, 3.8) is 0 Å². The molecule has 1 aromatic heterocycles. The lowest BCUT2D eigenvalue weighted by molar-refractivity contribution is -0.140. The topological polar surface area (TPSA) is 42.4 Å². The van der Waals surface area contributed by atoms with Crippen LogP contribution in [0.3, 0.4) is 0 Å². The zero-order valence-electron chi connectivity index (χ0n) is 18.1. The largest absolute Gasteiger partial charge is 0.492 e. The highest BCUT2D eigenvalue weighted by Gasteiger charge is 2.40. The molecule has 10 heteroatoms. The number of halogens is 5. The van der Waals surface area contributed by atoms with Gasteiger partial charge >= 0.3 is 6.18 Å². The number of hydrogen-bond acceptors (Lipinski definition) is 4. The van der Waals surface area contributed by atoms with Crippen LogP contribution < -0.4 is 9.64 Å². The molecule has 4 nitrogen and oxygen atoms in total. The van der Waals surface area contributed by atoms with E-state index in [9.17, 15) is 22.4 Å². The Bertz CT molecular complexity index is 1360. The van der Waals surface area contributed by atoms with E-state index < -0.39 is 23.6 Å². The van der Waals surface area contributed by atoms with Crippen LogP contribution in [-0.4, -0.2) is 17.5 Å². The molecule has 3 aromatic carbocycles. The molecule has 0 aliphatic heterocycles. The van der Waals surface area contributed by atoms with Gasteiger partial charge in [0.2, 0.25) is 0 Å². The molecule has 35 heavy (non-hydrogen) atoms. The van der Waals surface area contributed by atoms with Crippen LogP contribution >= 0.6 is 27.3 Å². The zero-order chi connectivity index (χ0) is 25.2. The number of alkyl halides is 3. The number of rotatable bonds is 6. The first-order chi connectivity index (χ1) is 16.7. The Morgan fingerprint density at radius 1 is 1.03 bits per heavy atom. The number of carbonyl (C=O) groups is 1. The summed E-state index contributed by atoms with van der Waals surface area (Å²) >= 11 is 4.03. The van der Waals surface area contributed by atoms with E-state index in [1.165, 1.54) is 12.1 Å². The summed E-state index contributed by atoms with van der Waals surface area (Å²) < 4.78 is 61.6. The second-order valence-corrected chi connectivity index (χ2v) is 9.03. The summed E-state index contributed by atoms with van der Waals surface area (Å²) in [4.78, 5) is 18.5. The quantitative estimate of drug-likeness (QED) is 0.222. The molecular formula is C25H17BrF4N2O2S. The van der Waals surface area contributed by atoms with E-state index in [0.29, 0.717) is 21.6 Å². The van der Waals surface area contributed by atoms with Gasteiger partial charge in [-0.3, -0.25) is 4.79 Å². The van der Waals surface area contributed by atoms with Crippen molar-refractivity contribution in [1.82, 2.24) is 4.98 Å². The molecule has 0 fully saturated rings. The molecular weight excluding hydrogens is 548 g/mol. The number of para-hydroxylation sites is 2. The normalized spacial score (nSPS) is 11.4. The Morgan fingerprint density at radius 2 is 1.69 bits per heavy atom. The van der Waals surface area contributed by atoms with Crippen molar-refractivity contribution < 1.29 is 27.1 Å². The highest BCUT2D eigenvalue weighted by atomic mass is 79.9. The molecule has 0 aliphatic carbocycles. The van der Waals surface area contributed by atoms with Crippen LogP contribution in [0.25, 0.3) is 10.4 Å². The summed E-state index contributed by atoms with van der Waals surface area (Å²) in [5.74, 6) is -0.872. The van der Waals surface area contributed by atoms with E-state index in [-0.39, 0.29) is 33.4 Å². The monoisotopic (exact) mass is 564 g/mol. The fourth-order valence-electron chi connectivity index (χ4n) is 3.37. The van der Waals surface area contributed by atoms with E-state index in [1.807, 2.05) is 0 Å². The smallest absolute Gasteiger partial charge is 0.434 e. The van der Waals surface area contributed by atoms with Gasteiger partial charge in [0.15, 0.2) is 10.8 Å². The predicted molar refractivity (Wildman–Crippen MR) is 131 cm³/mol. The summed E-state index contributed by atoms with van der Waals surface area (Å²) in [7, 11) is 0. The van der Waals surface area contributed by atoms with E-state index in [4.69, 9.17) is 4.74 Å². The molecule has 0 aliphatic rings. The second-order valence-electron chi connectivity index (χ2n) is 7.20. The van der Waals surface area contributed by atoms with Crippen molar-refractivity contribution in [2.24, 2.45) is 0 Å². The molecule has 0 atom stereocenters. The van der Waals surface area contributed by atoms with E-state index in [0.717, 1.165) is 17.0 Å². The molecule has 0 unspecified atom stereocenters. The maximum absolute atomic E-state index is 14.0. The summed E-state index contributed by atoms with van der Waals surface area (Å²) in [6.45, 7) is 2.04. The van der Waals surface area contributed by atoms with Gasteiger partial charge in [-0.1, -0.05) is 47.7 Å². The van der Waals surface area contributed by atoms with Crippen molar-refractivity contribution >= 4 is 44.0 Å². The third-order valence-electron chi connectivity index (χ3n) is 4.90. The van der Waals surface area contributed by atoms with E-state index in [2.05, 4.69) is 20.9 Å². The molecule has 0 spiro atoms. The van der Waals surface area contributed by atoms with Crippen LogP contribution in [0.2, 0.25) is 0 Å². The highest BCUT2D eigenvalue weighted by molar-refractivity contribution is 9.10. The van der Waals surface area contributed by atoms with Gasteiger partial charge in [-0.25, -0.2) is 14.3 Å². The summed E-state index contributed by atoms with van der Waals surface area (Å²) in [6.07, 6.45) is -4.81. The Labute approximate surface area is 210 Å². The van der Waals surface area contributed by atoms with Crippen molar-refractivity contribution in [3.8, 4) is 16.2 Å². The number of hydrogen-bond donors (Lipinski definition) is 0. The number of benzene rings is 3. The van der Waals surface area contributed by atoms with Crippen LogP contribution in [0.4, 0.5) is 28.4 Å².